The molecule has 3 N–H and O–H groups in total. The Kier molecular flexibility index (Phi) is 4.63. The molecule has 1 aliphatic carbocycles. The third-order valence-corrected chi connectivity index (χ3v) is 5.17. The van der Waals surface area contributed by atoms with Crippen LogP contribution >= 0.6 is 11.3 Å². The zero-order valence-corrected chi connectivity index (χ0v) is 12.6. The van der Waals surface area contributed by atoms with E-state index in [1.165, 1.54) is 11.3 Å². The molecule has 19 heavy (non-hydrogen) atoms. The number of hydrogen-bond acceptors (Lipinski definition) is 3. The van der Waals surface area contributed by atoms with Gasteiger partial charge in [-0.15, -0.1) is 11.3 Å². The molecule has 4 heteroatoms. The van der Waals surface area contributed by atoms with Crippen LogP contribution in [-0.4, -0.2) is 12.5 Å². The third kappa shape index (κ3) is 3.37. The van der Waals surface area contributed by atoms with Gasteiger partial charge in [-0.2, -0.15) is 0 Å². The van der Waals surface area contributed by atoms with Crippen molar-refractivity contribution < 1.29 is 4.79 Å². The van der Waals surface area contributed by atoms with Gasteiger partial charge in [-0.3, -0.25) is 4.79 Å². The fraction of sp³-hybridized carbons (Fsp3) is 0.667. The highest BCUT2D eigenvalue weighted by Crippen LogP contribution is 2.43. The van der Waals surface area contributed by atoms with E-state index in [4.69, 9.17) is 5.73 Å². The van der Waals surface area contributed by atoms with Crippen molar-refractivity contribution in [2.75, 3.05) is 6.54 Å². The van der Waals surface area contributed by atoms with E-state index < -0.39 is 0 Å². The summed E-state index contributed by atoms with van der Waals surface area (Å²) in [7, 11) is 0. The van der Waals surface area contributed by atoms with Crippen molar-refractivity contribution >= 4 is 17.2 Å². The lowest BCUT2D eigenvalue weighted by molar-refractivity contribution is -0.125. The van der Waals surface area contributed by atoms with Crippen LogP contribution in [0.1, 0.15) is 50.4 Å². The fourth-order valence-electron chi connectivity index (χ4n) is 2.73. The van der Waals surface area contributed by atoms with Gasteiger partial charge in [-0.1, -0.05) is 26.3 Å². The first-order valence-corrected chi connectivity index (χ1v) is 7.97. The molecule has 1 atom stereocenters. The van der Waals surface area contributed by atoms with Crippen molar-refractivity contribution in [3.05, 3.63) is 22.4 Å². The van der Waals surface area contributed by atoms with Crippen LogP contribution in [0.4, 0.5) is 0 Å². The Morgan fingerprint density at radius 3 is 2.68 bits per heavy atom. The third-order valence-electron chi connectivity index (χ3n) is 4.22. The summed E-state index contributed by atoms with van der Waals surface area (Å²) in [5, 5.41) is 5.25. The van der Waals surface area contributed by atoms with Gasteiger partial charge in [0.1, 0.15) is 0 Å². The first kappa shape index (κ1) is 14.5. The van der Waals surface area contributed by atoms with Crippen LogP contribution in [-0.2, 0) is 4.79 Å². The average molecular weight is 280 g/mol. The second kappa shape index (κ2) is 6.06. The highest BCUT2D eigenvalue weighted by molar-refractivity contribution is 7.10. The number of carbonyl (C=O) groups is 1. The van der Waals surface area contributed by atoms with E-state index in [0.29, 0.717) is 18.9 Å². The molecule has 3 nitrogen and oxygen atoms in total. The monoisotopic (exact) mass is 280 g/mol. The fourth-order valence-corrected chi connectivity index (χ4v) is 3.68. The van der Waals surface area contributed by atoms with Gasteiger partial charge >= 0.3 is 0 Å². The average Bonchev–Trinajstić information content (AvgIpc) is 2.84. The lowest BCUT2D eigenvalue weighted by Gasteiger charge is -2.40. The SMILES string of the molecule is CC(C)C(NC(=O)CC1(CN)CCC1)c1cccs1. The standard InChI is InChI=1S/C15H24N2OS/c1-11(2)14(12-5-3-8-19-12)17-13(18)9-15(10-16)6-4-7-15/h3,5,8,11,14H,4,6-7,9-10,16H2,1-2H3,(H,17,18). The Morgan fingerprint density at radius 1 is 1.53 bits per heavy atom. The van der Waals surface area contributed by atoms with Crippen molar-refractivity contribution in [1.29, 1.82) is 0 Å². The minimum atomic E-state index is 0.0844. The smallest absolute Gasteiger partial charge is 0.221 e. The van der Waals surface area contributed by atoms with E-state index >= 15 is 0 Å². The summed E-state index contributed by atoms with van der Waals surface area (Å²) in [6, 6.07) is 4.26. The first-order chi connectivity index (χ1) is 9.06. The van der Waals surface area contributed by atoms with Gasteiger partial charge in [0.25, 0.3) is 0 Å². The molecule has 0 aromatic carbocycles. The highest BCUT2D eigenvalue weighted by Gasteiger charge is 2.38. The molecule has 0 spiro atoms. The molecule has 1 amide bonds. The summed E-state index contributed by atoms with van der Waals surface area (Å²) < 4.78 is 0. The van der Waals surface area contributed by atoms with Crippen molar-refractivity contribution in [2.24, 2.45) is 17.1 Å². The number of thiophene rings is 1. The van der Waals surface area contributed by atoms with Crippen molar-refractivity contribution in [1.82, 2.24) is 5.32 Å². The quantitative estimate of drug-likeness (QED) is 0.841. The molecular formula is C15H24N2OS. The van der Waals surface area contributed by atoms with Crippen LogP contribution in [0.25, 0.3) is 0 Å². The lowest BCUT2D eigenvalue weighted by Crippen LogP contribution is -2.43. The molecule has 106 valence electrons. The Hall–Kier alpha value is -0.870. The highest BCUT2D eigenvalue weighted by atomic mass is 32.1. The number of nitrogens with two attached hydrogens (primary N) is 1. The van der Waals surface area contributed by atoms with Crippen LogP contribution < -0.4 is 11.1 Å². The van der Waals surface area contributed by atoms with Crippen molar-refractivity contribution in [3.63, 3.8) is 0 Å². The molecule has 1 aromatic rings. The van der Waals surface area contributed by atoms with Crippen LogP contribution in [0.15, 0.2) is 17.5 Å². The van der Waals surface area contributed by atoms with E-state index in [0.717, 1.165) is 12.8 Å². The molecule has 1 fully saturated rings. The van der Waals surface area contributed by atoms with Gasteiger partial charge in [-0.05, 0) is 42.2 Å². The number of nitrogens with one attached hydrogen (secondary N) is 1. The first-order valence-electron chi connectivity index (χ1n) is 7.09. The summed E-state index contributed by atoms with van der Waals surface area (Å²) >= 11 is 1.71. The van der Waals surface area contributed by atoms with Gasteiger partial charge < -0.3 is 11.1 Å². The molecule has 1 unspecified atom stereocenters. The molecule has 2 rings (SSSR count). The maximum Gasteiger partial charge on any atom is 0.221 e. The van der Waals surface area contributed by atoms with E-state index in [1.54, 1.807) is 11.3 Å². The maximum absolute atomic E-state index is 12.3. The molecule has 0 saturated heterocycles. The van der Waals surface area contributed by atoms with Crippen molar-refractivity contribution in [3.8, 4) is 0 Å². The molecule has 1 aliphatic rings. The second-order valence-corrected chi connectivity index (χ2v) is 7.02. The largest absolute Gasteiger partial charge is 0.348 e. The topological polar surface area (TPSA) is 55.1 Å². The number of hydrogen-bond donors (Lipinski definition) is 2. The molecule has 1 aromatic heterocycles. The molecule has 1 saturated carbocycles. The predicted molar refractivity (Wildman–Crippen MR) is 80.0 cm³/mol. The predicted octanol–water partition coefficient (Wildman–Crippen LogP) is 3.08. The van der Waals surface area contributed by atoms with Gasteiger partial charge in [0, 0.05) is 11.3 Å². The summed E-state index contributed by atoms with van der Waals surface area (Å²) in [5.41, 5.74) is 5.91. The van der Waals surface area contributed by atoms with E-state index in [2.05, 4.69) is 30.6 Å². The molecule has 1 heterocycles. The number of carbonyl (C=O) groups excluding carboxylic acids is 1. The van der Waals surface area contributed by atoms with Crippen LogP contribution in [0.5, 0.6) is 0 Å². The van der Waals surface area contributed by atoms with E-state index in [-0.39, 0.29) is 17.4 Å². The van der Waals surface area contributed by atoms with Crippen LogP contribution in [0, 0.1) is 11.3 Å². The Morgan fingerprint density at radius 2 is 2.26 bits per heavy atom. The summed E-state index contributed by atoms with van der Waals surface area (Å²) in [4.78, 5) is 13.5. The number of amides is 1. The maximum atomic E-state index is 12.3. The zero-order chi connectivity index (χ0) is 13.9. The molecule has 0 aliphatic heterocycles. The van der Waals surface area contributed by atoms with Crippen LogP contribution in [0.2, 0.25) is 0 Å². The zero-order valence-electron chi connectivity index (χ0n) is 11.8. The van der Waals surface area contributed by atoms with Crippen molar-refractivity contribution in [2.45, 2.75) is 45.6 Å². The molecule has 0 bridgehead atoms. The van der Waals surface area contributed by atoms with Gasteiger partial charge in [0.05, 0.1) is 6.04 Å². The summed E-state index contributed by atoms with van der Waals surface area (Å²) in [5.74, 6) is 0.551. The second-order valence-electron chi connectivity index (χ2n) is 6.04. The van der Waals surface area contributed by atoms with Crippen LogP contribution in [0.3, 0.4) is 0 Å². The minimum Gasteiger partial charge on any atom is -0.348 e. The lowest BCUT2D eigenvalue weighted by atomic mass is 9.66. The van der Waals surface area contributed by atoms with E-state index in [9.17, 15) is 4.79 Å². The number of rotatable bonds is 6. The summed E-state index contributed by atoms with van der Waals surface area (Å²) in [6.07, 6.45) is 3.99. The Balaban J connectivity index is 1.96. The van der Waals surface area contributed by atoms with Gasteiger partial charge in [0.2, 0.25) is 5.91 Å². The minimum absolute atomic E-state index is 0.0844. The molecular weight excluding hydrogens is 256 g/mol. The normalized spacial score (nSPS) is 18.9. The molecule has 0 radical (unpaired) electrons. The van der Waals surface area contributed by atoms with Gasteiger partial charge in [0.15, 0.2) is 0 Å². The van der Waals surface area contributed by atoms with Gasteiger partial charge in [-0.25, -0.2) is 0 Å². The Bertz CT molecular complexity index is 404. The Labute approximate surface area is 119 Å². The van der Waals surface area contributed by atoms with E-state index in [1.807, 2.05) is 6.07 Å². The summed E-state index contributed by atoms with van der Waals surface area (Å²) in [6.45, 7) is 4.92.